The molecule has 0 radical (unpaired) electrons. The number of halogens is 12. The van der Waals surface area contributed by atoms with E-state index >= 15 is 0 Å². The molecule has 0 aliphatic heterocycles. The van der Waals surface area contributed by atoms with Gasteiger partial charge in [0.25, 0.3) is 0 Å². The van der Waals surface area contributed by atoms with Crippen LogP contribution in [0.4, 0.5) is 52.7 Å². The van der Waals surface area contributed by atoms with Gasteiger partial charge in [-0.05, 0) is 48.6 Å². The molecule has 298 valence electrons. The first-order valence-electron chi connectivity index (χ1n) is 13.4. The monoisotopic (exact) mass is 858 g/mol. The molecule has 0 aromatic heterocycles. The third-order valence-electron chi connectivity index (χ3n) is 6.85. The molecule has 3 rings (SSSR count). The minimum atomic E-state index is -7.08. The topological polar surface area (TPSA) is 195 Å². The van der Waals surface area contributed by atoms with Crippen LogP contribution in [0.1, 0.15) is 43.6 Å². The Bertz CT molecular complexity index is 2000. The van der Waals surface area contributed by atoms with Crippen LogP contribution in [-0.2, 0) is 40.5 Å². The Morgan fingerprint density at radius 1 is 0.481 bits per heavy atom. The number of benzene rings is 2. The summed E-state index contributed by atoms with van der Waals surface area (Å²) >= 11 is 0. The Kier molecular flexibility index (Phi) is 12.7. The molecule has 0 bridgehead atoms. The number of hydrogen-bond donors (Lipinski definition) is 2. The van der Waals surface area contributed by atoms with Crippen LogP contribution in [0.25, 0.3) is 0 Å². The fourth-order valence-corrected chi connectivity index (χ4v) is 6.90. The average molecular weight is 859 g/mol. The molecule has 1 aliphatic carbocycles. The molecule has 52 heavy (non-hydrogen) atoms. The van der Waals surface area contributed by atoms with Gasteiger partial charge in [-0.2, -0.15) is 86.4 Å². The third-order valence-corrected chi connectivity index (χ3v) is 11.3. The lowest BCUT2D eigenvalue weighted by Crippen LogP contribution is -2.61. The zero-order valence-corrected chi connectivity index (χ0v) is 28.2. The van der Waals surface area contributed by atoms with Gasteiger partial charge in [0.05, 0.1) is 0 Å². The maximum Gasteiger partial charge on any atom is 0.450 e. The summed E-state index contributed by atoms with van der Waals surface area (Å²) in [6.45, 7) is 0. The normalized spacial score (nSPS) is 16.4. The largest absolute Gasteiger partial charge is 0.450 e. The minimum Gasteiger partial charge on any atom is -0.378 e. The highest BCUT2D eigenvalue weighted by atomic mass is 32.2. The van der Waals surface area contributed by atoms with E-state index in [1.54, 1.807) is 0 Å². The van der Waals surface area contributed by atoms with E-state index in [-0.39, 0.29) is 5.92 Å². The van der Waals surface area contributed by atoms with Gasteiger partial charge < -0.3 is 8.37 Å². The van der Waals surface area contributed by atoms with Gasteiger partial charge in [0.15, 0.2) is 0 Å². The van der Waals surface area contributed by atoms with Crippen molar-refractivity contribution in [2.24, 2.45) is 0 Å². The van der Waals surface area contributed by atoms with Crippen LogP contribution in [0, 0.1) is 0 Å². The highest BCUT2D eigenvalue weighted by Crippen LogP contribution is 2.52. The highest BCUT2D eigenvalue weighted by Gasteiger charge is 2.84. The molecule has 0 amide bonds. The zero-order valence-electron chi connectivity index (χ0n) is 25.0. The molecule has 1 saturated carbocycles. The van der Waals surface area contributed by atoms with Crippen LogP contribution in [0.3, 0.4) is 0 Å². The smallest absolute Gasteiger partial charge is 0.378 e. The van der Waals surface area contributed by atoms with Gasteiger partial charge in [0, 0.05) is 0 Å². The first-order chi connectivity index (χ1) is 23.1. The van der Waals surface area contributed by atoms with Crippen molar-refractivity contribution in [2.45, 2.75) is 70.9 Å². The second kappa shape index (κ2) is 14.6. The van der Waals surface area contributed by atoms with Gasteiger partial charge in [-0.25, -0.2) is 0 Å². The van der Waals surface area contributed by atoms with Crippen LogP contribution in [0.5, 0.6) is 11.5 Å². The van der Waals surface area contributed by atoms with Crippen LogP contribution in [0.15, 0.2) is 54.6 Å². The van der Waals surface area contributed by atoms with Crippen molar-refractivity contribution in [2.75, 3.05) is 0 Å². The van der Waals surface area contributed by atoms with E-state index in [1.807, 2.05) is 0 Å². The van der Waals surface area contributed by atoms with Gasteiger partial charge in [-0.3, -0.25) is 9.11 Å². The second-order valence-corrected chi connectivity index (χ2v) is 16.6. The third kappa shape index (κ3) is 8.34. The Balaban J connectivity index is 0.000000371. The fraction of sp³-hybridized carbons (Fsp3) is 0.500. The van der Waals surface area contributed by atoms with E-state index in [2.05, 4.69) is 8.37 Å². The quantitative estimate of drug-likeness (QED) is 0.131. The number of para-hydroxylation sites is 1. The molecule has 0 atom stereocenters. The molecule has 0 heterocycles. The molecule has 2 aromatic rings. The molecule has 1 aliphatic rings. The lowest BCUT2D eigenvalue weighted by atomic mass is 9.84. The summed E-state index contributed by atoms with van der Waals surface area (Å²) in [5, 5.41) is -27.0. The van der Waals surface area contributed by atoms with Crippen molar-refractivity contribution in [1.29, 1.82) is 0 Å². The van der Waals surface area contributed by atoms with Crippen LogP contribution < -0.4 is 8.37 Å². The summed E-state index contributed by atoms with van der Waals surface area (Å²) in [6, 6.07) is 9.24. The molecule has 2 aromatic carbocycles. The lowest BCUT2D eigenvalue weighted by molar-refractivity contribution is -0.247. The number of rotatable bonds is 13. The van der Waals surface area contributed by atoms with Crippen molar-refractivity contribution in [3.05, 3.63) is 60.2 Å². The van der Waals surface area contributed by atoms with Gasteiger partial charge in [-0.1, -0.05) is 49.6 Å². The summed E-state index contributed by atoms with van der Waals surface area (Å²) < 4.78 is 270. The molecule has 12 nitrogen and oxygen atoms in total. The molecular formula is C24H22F12O12S4. The summed E-state index contributed by atoms with van der Waals surface area (Å²) in [6.07, 6.45) is 4.65. The standard InChI is InChI=1S/C15H16F6O6S2.C9H6F6O6S2/c16-13(17,14(18,19)28(22,23)24)15(20,21)29(25,26)27-12-8-6-11(7-9-12)10-4-2-1-3-5-10;10-7(11,8(12,13)22(16,17)18)9(14,15)23(19,20)21-6-4-2-1-3-5-6/h6-10H,1-5H2,(H,22,23,24);1-5H,(H,16,17,18). The SMILES string of the molecule is O=S(=O)(O)C(F)(F)C(F)(F)C(F)(F)S(=O)(=O)Oc1ccc(C2CCCCC2)cc1.O=S(=O)(O)C(F)(F)C(F)(F)C(F)(F)S(=O)(=O)Oc1ccccc1. The molecule has 28 heteroatoms. The first kappa shape index (κ1) is 45.1. The van der Waals surface area contributed by atoms with Gasteiger partial charge in [-0.15, -0.1) is 0 Å². The van der Waals surface area contributed by atoms with E-state index in [0.717, 1.165) is 74.1 Å². The molecule has 0 saturated heterocycles. The van der Waals surface area contributed by atoms with Crippen molar-refractivity contribution in [1.82, 2.24) is 0 Å². The van der Waals surface area contributed by atoms with Crippen molar-refractivity contribution in [3.8, 4) is 11.5 Å². The van der Waals surface area contributed by atoms with E-state index in [4.69, 9.17) is 9.11 Å². The fourth-order valence-electron chi connectivity index (χ4n) is 4.04. The number of alkyl halides is 12. The molecule has 0 unspecified atom stereocenters. The highest BCUT2D eigenvalue weighted by molar-refractivity contribution is 7.89. The van der Waals surface area contributed by atoms with E-state index in [1.165, 1.54) is 18.2 Å². The molecule has 2 N–H and O–H groups in total. The predicted molar refractivity (Wildman–Crippen MR) is 151 cm³/mol. The van der Waals surface area contributed by atoms with Crippen molar-refractivity contribution in [3.63, 3.8) is 0 Å². The lowest BCUT2D eigenvalue weighted by Gasteiger charge is -2.29. The minimum absolute atomic E-state index is 0.133. The Morgan fingerprint density at radius 3 is 1.13 bits per heavy atom. The molecular weight excluding hydrogens is 836 g/mol. The summed E-state index contributed by atoms with van der Waals surface area (Å²) in [7, 11) is -27.7. The zero-order chi connectivity index (χ0) is 40.6. The Morgan fingerprint density at radius 2 is 0.808 bits per heavy atom. The Hall–Kier alpha value is -3.08. The molecule has 1 fully saturated rings. The summed E-state index contributed by atoms with van der Waals surface area (Å²) in [5.41, 5.74) is 0.726. The van der Waals surface area contributed by atoms with Crippen LogP contribution >= 0.6 is 0 Å². The maximum atomic E-state index is 13.7. The van der Waals surface area contributed by atoms with Gasteiger partial charge >= 0.3 is 73.3 Å². The maximum absolute atomic E-state index is 13.7. The summed E-state index contributed by atoms with van der Waals surface area (Å²) in [5.74, 6) is -15.7. The predicted octanol–water partition coefficient (Wildman–Crippen LogP) is 6.26. The van der Waals surface area contributed by atoms with Gasteiger partial charge in [0.1, 0.15) is 11.5 Å². The van der Waals surface area contributed by atoms with E-state index in [0.29, 0.717) is 0 Å². The van der Waals surface area contributed by atoms with E-state index < -0.39 is 84.8 Å². The van der Waals surface area contributed by atoms with Crippen molar-refractivity contribution >= 4 is 40.5 Å². The summed E-state index contributed by atoms with van der Waals surface area (Å²) in [4.78, 5) is 0. The van der Waals surface area contributed by atoms with Crippen LogP contribution in [0.2, 0.25) is 0 Å². The van der Waals surface area contributed by atoms with E-state index in [9.17, 15) is 86.4 Å². The van der Waals surface area contributed by atoms with Crippen molar-refractivity contribution < 1.29 is 104 Å². The van der Waals surface area contributed by atoms with Crippen LogP contribution in [-0.4, -0.2) is 75.6 Å². The molecule has 0 spiro atoms. The average Bonchev–Trinajstić information content (AvgIpc) is 3.00. The number of hydrogen-bond acceptors (Lipinski definition) is 10. The second-order valence-electron chi connectivity index (χ2n) is 10.5. The first-order valence-corrected chi connectivity index (χ1v) is 19.1. The Labute approximate surface area is 286 Å². The van der Waals surface area contributed by atoms with Gasteiger partial charge in [0.2, 0.25) is 0 Å².